The van der Waals surface area contributed by atoms with E-state index in [-0.39, 0.29) is 12.0 Å². The summed E-state index contributed by atoms with van der Waals surface area (Å²) in [6, 6.07) is 5.70. The third-order valence-corrected chi connectivity index (χ3v) is 5.72. The fourth-order valence-electron chi connectivity index (χ4n) is 2.65. The first-order valence-corrected chi connectivity index (χ1v) is 9.47. The number of aromatic hydroxyl groups is 1. The molecule has 0 saturated carbocycles. The molecule has 0 aliphatic carbocycles. The van der Waals surface area contributed by atoms with Crippen molar-refractivity contribution in [1.82, 2.24) is 9.97 Å². The Morgan fingerprint density at radius 3 is 3.08 bits per heavy atom. The smallest absolute Gasteiger partial charge is 0.232 e. The molecular formula is C16H14ClN3O2S2. The van der Waals surface area contributed by atoms with E-state index < -0.39 is 0 Å². The molecule has 0 spiro atoms. The summed E-state index contributed by atoms with van der Waals surface area (Å²) in [5.74, 6) is 0.942. The van der Waals surface area contributed by atoms with Gasteiger partial charge in [-0.3, -0.25) is 0 Å². The van der Waals surface area contributed by atoms with Gasteiger partial charge >= 0.3 is 0 Å². The first-order chi connectivity index (χ1) is 11.6. The zero-order chi connectivity index (χ0) is 16.7. The van der Waals surface area contributed by atoms with Gasteiger partial charge in [-0.1, -0.05) is 11.6 Å². The molecule has 0 fully saturated rings. The van der Waals surface area contributed by atoms with Crippen LogP contribution in [-0.4, -0.2) is 27.7 Å². The van der Waals surface area contributed by atoms with Gasteiger partial charge in [0, 0.05) is 16.8 Å². The SMILES string of the molecule is Cc1nc(O)c(-c2csc(NCC3Cc4cc(Cl)ccc4O3)n2)s1. The maximum atomic E-state index is 9.83. The zero-order valence-corrected chi connectivity index (χ0v) is 15.1. The van der Waals surface area contributed by atoms with Gasteiger partial charge < -0.3 is 15.2 Å². The fourth-order valence-corrected chi connectivity index (χ4v) is 4.40. The molecule has 4 rings (SSSR count). The van der Waals surface area contributed by atoms with E-state index in [0.29, 0.717) is 11.4 Å². The minimum absolute atomic E-state index is 0.0424. The van der Waals surface area contributed by atoms with Crippen LogP contribution in [0.4, 0.5) is 5.13 Å². The third kappa shape index (κ3) is 3.07. The minimum Gasteiger partial charge on any atom is -0.492 e. The number of benzene rings is 1. The highest BCUT2D eigenvalue weighted by atomic mass is 35.5. The van der Waals surface area contributed by atoms with Gasteiger partial charge in [-0.15, -0.1) is 22.7 Å². The summed E-state index contributed by atoms with van der Waals surface area (Å²) in [6.45, 7) is 2.52. The minimum atomic E-state index is 0.0424. The predicted molar refractivity (Wildman–Crippen MR) is 97.7 cm³/mol. The lowest BCUT2D eigenvalue weighted by Gasteiger charge is -2.10. The Bertz CT molecular complexity index is 893. The Balaban J connectivity index is 1.40. The van der Waals surface area contributed by atoms with Crippen LogP contribution < -0.4 is 10.1 Å². The second kappa shape index (κ2) is 6.23. The van der Waals surface area contributed by atoms with Crippen LogP contribution in [0.1, 0.15) is 10.6 Å². The number of halogens is 1. The van der Waals surface area contributed by atoms with Crippen molar-refractivity contribution in [3.8, 4) is 22.2 Å². The Labute approximate surface area is 151 Å². The van der Waals surface area contributed by atoms with E-state index in [0.717, 1.165) is 38.6 Å². The molecule has 1 atom stereocenters. The number of hydrogen-bond acceptors (Lipinski definition) is 7. The van der Waals surface area contributed by atoms with Gasteiger partial charge in [0.05, 0.1) is 17.2 Å². The van der Waals surface area contributed by atoms with E-state index in [4.69, 9.17) is 16.3 Å². The monoisotopic (exact) mass is 379 g/mol. The van der Waals surface area contributed by atoms with Crippen LogP contribution in [0.2, 0.25) is 5.02 Å². The summed E-state index contributed by atoms with van der Waals surface area (Å²) in [6.07, 6.45) is 0.889. The number of aromatic nitrogens is 2. The second-order valence-corrected chi connectivity index (χ2v) is 8.00. The Morgan fingerprint density at radius 1 is 1.42 bits per heavy atom. The number of nitrogens with one attached hydrogen (secondary N) is 1. The highest BCUT2D eigenvalue weighted by Crippen LogP contribution is 2.36. The summed E-state index contributed by atoms with van der Waals surface area (Å²) < 4.78 is 5.91. The van der Waals surface area contributed by atoms with Crippen molar-refractivity contribution >= 4 is 39.4 Å². The van der Waals surface area contributed by atoms with Crippen molar-refractivity contribution in [3.63, 3.8) is 0 Å². The largest absolute Gasteiger partial charge is 0.492 e. The van der Waals surface area contributed by atoms with Crippen molar-refractivity contribution in [2.45, 2.75) is 19.4 Å². The van der Waals surface area contributed by atoms with Crippen molar-refractivity contribution in [2.75, 3.05) is 11.9 Å². The summed E-state index contributed by atoms with van der Waals surface area (Å²) in [5.41, 5.74) is 1.88. The lowest BCUT2D eigenvalue weighted by molar-refractivity contribution is 0.246. The number of anilines is 1. The molecule has 5 nitrogen and oxygen atoms in total. The van der Waals surface area contributed by atoms with Crippen LogP contribution in [0.15, 0.2) is 23.6 Å². The Kier molecular flexibility index (Phi) is 4.07. The van der Waals surface area contributed by atoms with Gasteiger partial charge in [0.1, 0.15) is 16.7 Å². The number of rotatable bonds is 4. The molecule has 0 amide bonds. The van der Waals surface area contributed by atoms with E-state index >= 15 is 0 Å². The Hall–Kier alpha value is -1.83. The average molecular weight is 380 g/mol. The first-order valence-electron chi connectivity index (χ1n) is 7.40. The molecule has 1 aliphatic rings. The lowest BCUT2D eigenvalue weighted by Crippen LogP contribution is -2.23. The van der Waals surface area contributed by atoms with E-state index in [2.05, 4.69) is 15.3 Å². The van der Waals surface area contributed by atoms with Crippen LogP contribution in [0.3, 0.4) is 0 Å². The molecule has 2 aromatic heterocycles. The molecule has 1 aliphatic heterocycles. The number of hydrogen-bond donors (Lipinski definition) is 2. The maximum absolute atomic E-state index is 9.83. The average Bonchev–Trinajstić information content (AvgIpc) is 3.23. The predicted octanol–water partition coefficient (Wildman–Crippen LogP) is 4.35. The van der Waals surface area contributed by atoms with Gasteiger partial charge in [0.25, 0.3) is 0 Å². The topological polar surface area (TPSA) is 67.3 Å². The first kappa shape index (κ1) is 15.7. The fraction of sp³-hybridized carbons (Fsp3) is 0.250. The van der Waals surface area contributed by atoms with E-state index in [9.17, 15) is 5.11 Å². The third-order valence-electron chi connectivity index (χ3n) is 3.70. The van der Waals surface area contributed by atoms with Gasteiger partial charge in [0.2, 0.25) is 5.88 Å². The number of ether oxygens (including phenoxy) is 1. The molecule has 24 heavy (non-hydrogen) atoms. The molecular weight excluding hydrogens is 366 g/mol. The molecule has 0 radical (unpaired) electrons. The van der Waals surface area contributed by atoms with Crippen LogP contribution >= 0.6 is 34.3 Å². The van der Waals surface area contributed by atoms with Gasteiger partial charge in [-0.05, 0) is 30.7 Å². The number of aryl methyl sites for hydroxylation is 1. The maximum Gasteiger partial charge on any atom is 0.232 e. The highest BCUT2D eigenvalue weighted by molar-refractivity contribution is 7.17. The summed E-state index contributed by atoms with van der Waals surface area (Å²) in [5, 5.41) is 17.4. The molecule has 1 aromatic carbocycles. The van der Waals surface area contributed by atoms with Crippen molar-refractivity contribution in [1.29, 1.82) is 0 Å². The zero-order valence-electron chi connectivity index (χ0n) is 12.7. The standard InChI is InChI=1S/C16H14ClN3O2S2/c1-8-19-15(21)14(24-8)12-7-23-16(20-12)18-6-11-5-9-4-10(17)2-3-13(9)22-11/h2-4,7,11,21H,5-6H2,1H3,(H,18,20). The van der Waals surface area contributed by atoms with Gasteiger partial charge in [-0.25, -0.2) is 9.97 Å². The molecule has 8 heteroatoms. The van der Waals surface area contributed by atoms with E-state index in [1.807, 2.05) is 30.5 Å². The lowest BCUT2D eigenvalue weighted by atomic mass is 10.1. The van der Waals surface area contributed by atoms with Crippen molar-refractivity contribution in [2.24, 2.45) is 0 Å². The number of fused-ring (bicyclic) bond motifs is 1. The van der Waals surface area contributed by atoms with Crippen LogP contribution in [0.5, 0.6) is 11.6 Å². The molecule has 1 unspecified atom stereocenters. The summed E-state index contributed by atoms with van der Waals surface area (Å²) in [4.78, 5) is 9.25. The molecule has 2 N–H and O–H groups in total. The summed E-state index contributed by atoms with van der Waals surface area (Å²) in [7, 11) is 0. The molecule has 0 saturated heterocycles. The molecule has 3 heterocycles. The van der Waals surface area contributed by atoms with Crippen LogP contribution in [-0.2, 0) is 6.42 Å². The molecule has 3 aromatic rings. The molecule has 0 bridgehead atoms. The highest BCUT2D eigenvalue weighted by Gasteiger charge is 2.23. The van der Waals surface area contributed by atoms with Gasteiger partial charge in [-0.2, -0.15) is 0 Å². The normalized spacial score (nSPS) is 16.0. The van der Waals surface area contributed by atoms with E-state index in [1.54, 1.807) is 0 Å². The van der Waals surface area contributed by atoms with Crippen LogP contribution in [0.25, 0.3) is 10.6 Å². The quantitative estimate of drug-likeness (QED) is 0.705. The summed E-state index contributed by atoms with van der Waals surface area (Å²) >= 11 is 8.95. The van der Waals surface area contributed by atoms with Crippen molar-refractivity contribution < 1.29 is 9.84 Å². The van der Waals surface area contributed by atoms with Crippen LogP contribution in [0, 0.1) is 6.92 Å². The number of nitrogens with zero attached hydrogens (tertiary/aromatic N) is 2. The molecule has 124 valence electrons. The van der Waals surface area contributed by atoms with Crippen molar-refractivity contribution in [3.05, 3.63) is 39.2 Å². The van der Waals surface area contributed by atoms with E-state index in [1.165, 1.54) is 22.7 Å². The second-order valence-electron chi connectivity index (χ2n) is 5.50. The Morgan fingerprint density at radius 2 is 2.29 bits per heavy atom. The number of thiazole rings is 2. The van der Waals surface area contributed by atoms with Gasteiger partial charge in [0.15, 0.2) is 5.13 Å².